The minimum absolute atomic E-state index is 0.374. The quantitative estimate of drug-likeness (QED) is 0.916. The Morgan fingerprint density at radius 3 is 2.95 bits per heavy atom. The second-order valence-electron chi connectivity index (χ2n) is 5.36. The van der Waals surface area contributed by atoms with Crippen LogP contribution in [0.5, 0.6) is 0 Å². The van der Waals surface area contributed by atoms with Gasteiger partial charge in [-0.25, -0.2) is 9.97 Å². The average molecular weight is 280 g/mol. The molecule has 106 valence electrons. The van der Waals surface area contributed by atoms with Gasteiger partial charge < -0.3 is 10.2 Å². The third-order valence-corrected chi connectivity index (χ3v) is 4.59. The van der Waals surface area contributed by atoms with Gasteiger partial charge in [0, 0.05) is 36.6 Å². The SMILES string of the molecule is CNCc1nc(C(C)C)ncc1N1CCSCC1C. The topological polar surface area (TPSA) is 41.1 Å². The van der Waals surface area contributed by atoms with E-state index in [-0.39, 0.29) is 0 Å². The lowest BCUT2D eigenvalue weighted by Crippen LogP contribution is -2.41. The van der Waals surface area contributed by atoms with Crippen molar-refractivity contribution in [1.82, 2.24) is 15.3 Å². The molecule has 1 fully saturated rings. The van der Waals surface area contributed by atoms with E-state index in [1.165, 1.54) is 17.2 Å². The standard InChI is InChI=1S/C14H24N4S/c1-10(2)14-16-8-13(12(17-14)7-15-4)18-5-6-19-9-11(18)3/h8,10-11,15H,5-7,9H2,1-4H3. The van der Waals surface area contributed by atoms with Gasteiger partial charge in [0.25, 0.3) is 0 Å². The molecule has 1 aliphatic rings. The van der Waals surface area contributed by atoms with E-state index >= 15 is 0 Å². The number of nitrogens with zero attached hydrogens (tertiary/aromatic N) is 3. The second kappa shape index (κ2) is 6.57. The molecule has 0 spiro atoms. The van der Waals surface area contributed by atoms with Crippen molar-refractivity contribution >= 4 is 17.4 Å². The van der Waals surface area contributed by atoms with Gasteiger partial charge >= 0.3 is 0 Å². The molecule has 0 radical (unpaired) electrons. The van der Waals surface area contributed by atoms with E-state index in [0.717, 1.165) is 24.6 Å². The first-order valence-electron chi connectivity index (χ1n) is 6.98. The summed E-state index contributed by atoms with van der Waals surface area (Å²) in [5.41, 5.74) is 2.33. The highest BCUT2D eigenvalue weighted by atomic mass is 32.2. The summed E-state index contributed by atoms with van der Waals surface area (Å²) in [7, 11) is 1.97. The minimum Gasteiger partial charge on any atom is -0.364 e. The molecule has 1 unspecified atom stereocenters. The number of thioether (sulfide) groups is 1. The van der Waals surface area contributed by atoms with Crippen LogP contribution in [0.1, 0.15) is 38.2 Å². The summed E-state index contributed by atoms with van der Waals surface area (Å²) in [4.78, 5) is 11.7. The van der Waals surface area contributed by atoms with Gasteiger partial charge in [0.2, 0.25) is 0 Å². The van der Waals surface area contributed by atoms with Crippen LogP contribution in [0.4, 0.5) is 5.69 Å². The maximum Gasteiger partial charge on any atom is 0.131 e. The first-order chi connectivity index (χ1) is 9.13. The first kappa shape index (κ1) is 14.6. The molecule has 4 nitrogen and oxygen atoms in total. The fourth-order valence-electron chi connectivity index (χ4n) is 2.33. The van der Waals surface area contributed by atoms with Crippen molar-refractivity contribution in [3.8, 4) is 0 Å². The summed E-state index contributed by atoms with van der Waals surface area (Å²) in [5, 5.41) is 3.22. The zero-order valence-corrected chi connectivity index (χ0v) is 13.1. The molecule has 5 heteroatoms. The van der Waals surface area contributed by atoms with Crippen molar-refractivity contribution in [3.05, 3.63) is 17.7 Å². The Kier molecular flexibility index (Phi) is 5.05. The van der Waals surface area contributed by atoms with Crippen molar-refractivity contribution in [3.63, 3.8) is 0 Å². The largest absolute Gasteiger partial charge is 0.364 e. The molecule has 1 aromatic rings. The lowest BCUT2D eigenvalue weighted by molar-refractivity contribution is 0.669. The van der Waals surface area contributed by atoms with Crippen LogP contribution >= 0.6 is 11.8 Å². The van der Waals surface area contributed by atoms with E-state index in [9.17, 15) is 0 Å². The molecule has 1 N–H and O–H groups in total. The van der Waals surface area contributed by atoms with E-state index in [0.29, 0.717) is 12.0 Å². The zero-order chi connectivity index (χ0) is 13.8. The molecule has 0 saturated carbocycles. The Hall–Kier alpha value is -0.810. The van der Waals surface area contributed by atoms with Crippen LogP contribution in [-0.4, -0.2) is 41.1 Å². The highest BCUT2D eigenvalue weighted by Crippen LogP contribution is 2.26. The molecular formula is C14H24N4S. The van der Waals surface area contributed by atoms with Gasteiger partial charge in [-0.05, 0) is 14.0 Å². The molecule has 0 amide bonds. The molecule has 1 saturated heterocycles. The third kappa shape index (κ3) is 3.39. The van der Waals surface area contributed by atoms with E-state index in [1.807, 2.05) is 25.0 Å². The van der Waals surface area contributed by atoms with Crippen LogP contribution in [-0.2, 0) is 6.54 Å². The summed E-state index contributed by atoms with van der Waals surface area (Å²) in [6.45, 7) is 8.45. The Balaban J connectivity index is 2.32. The Morgan fingerprint density at radius 2 is 2.32 bits per heavy atom. The highest BCUT2D eigenvalue weighted by Gasteiger charge is 2.22. The lowest BCUT2D eigenvalue weighted by atomic mass is 10.2. The molecule has 2 rings (SSSR count). The molecule has 1 atom stereocenters. The molecule has 2 heterocycles. The van der Waals surface area contributed by atoms with E-state index in [2.05, 4.69) is 36.0 Å². The van der Waals surface area contributed by atoms with E-state index in [1.54, 1.807) is 0 Å². The van der Waals surface area contributed by atoms with Crippen molar-refractivity contribution in [2.24, 2.45) is 0 Å². The smallest absolute Gasteiger partial charge is 0.131 e. The van der Waals surface area contributed by atoms with Crippen molar-refractivity contribution in [2.75, 3.05) is 30.0 Å². The fourth-order valence-corrected chi connectivity index (χ4v) is 3.34. The molecule has 19 heavy (non-hydrogen) atoms. The van der Waals surface area contributed by atoms with Gasteiger partial charge in [0.15, 0.2) is 0 Å². The van der Waals surface area contributed by atoms with E-state index < -0.39 is 0 Å². The molecule has 1 aliphatic heterocycles. The molecule has 0 aliphatic carbocycles. The molecular weight excluding hydrogens is 256 g/mol. The summed E-state index contributed by atoms with van der Waals surface area (Å²) in [5.74, 6) is 3.69. The lowest BCUT2D eigenvalue weighted by Gasteiger charge is -2.35. The van der Waals surface area contributed by atoms with Gasteiger partial charge in [-0.3, -0.25) is 0 Å². The van der Waals surface area contributed by atoms with Crippen LogP contribution in [0.2, 0.25) is 0 Å². The number of nitrogens with one attached hydrogen (secondary N) is 1. The molecule has 1 aromatic heterocycles. The van der Waals surface area contributed by atoms with Gasteiger partial charge in [-0.15, -0.1) is 0 Å². The summed E-state index contributed by atoms with van der Waals surface area (Å²) < 4.78 is 0. The fraction of sp³-hybridized carbons (Fsp3) is 0.714. The molecule has 0 bridgehead atoms. The predicted molar refractivity (Wildman–Crippen MR) is 83.0 cm³/mol. The van der Waals surface area contributed by atoms with Crippen LogP contribution in [0.15, 0.2) is 6.20 Å². The Morgan fingerprint density at radius 1 is 1.53 bits per heavy atom. The predicted octanol–water partition coefficient (Wildman–Crippen LogP) is 2.26. The number of aromatic nitrogens is 2. The normalized spacial score (nSPS) is 20.1. The van der Waals surface area contributed by atoms with Crippen molar-refractivity contribution in [2.45, 2.75) is 39.3 Å². The number of anilines is 1. The van der Waals surface area contributed by atoms with Gasteiger partial charge in [-0.1, -0.05) is 13.8 Å². The third-order valence-electron chi connectivity index (χ3n) is 3.40. The summed E-state index contributed by atoms with van der Waals surface area (Å²) in [6, 6.07) is 0.558. The number of hydrogen-bond donors (Lipinski definition) is 1. The van der Waals surface area contributed by atoms with Gasteiger partial charge in [0.05, 0.1) is 17.6 Å². The Labute approximate surface area is 120 Å². The van der Waals surface area contributed by atoms with Crippen LogP contribution in [0.25, 0.3) is 0 Å². The zero-order valence-electron chi connectivity index (χ0n) is 12.3. The average Bonchev–Trinajstić information content (AvgIpc) is 2.40. The van der Waals surface area contributed by atoms with Crippen molar-refractivity contribution in [1.29, 1.82) is 0 Å². The van der Waals surface area contributed by atoms with Crippen LogP contribution < -0.4 is 10.2 Å². The highest BCUT2D eigenvalue weighted by molar-refractivity contribution is 7.99. The first-order valence-corrected chi connectivity index (χ1v) is 8.13. The summed E-state index contributed by atoms with van der Waals surface area (Å²) >= 11 is 2.03. The van der Waals surface area contributed by atoms with Crippen LogP contribution in [0.3, 0.4) is 0 Å². The van der Waals surface area contributed by atoms with Crippen molar-refractivity contribution < 1.29 is 0 Å². The summed E-state index contributed by atoms with van der Waals surface area (Å²) in [6.07, 6.45) is 2.02. The van der Waals surface area contributed by atoms with Gasteiger partial charge in [-0.2, -0.15) is 11.8 Å². The van der Waals surface area contributed by atoms with Crippen LogP contribution in [0, 0.1) is 0 Å². The minimum atomic E-state index is 0.374. The number of hydrogen-bond acceptors (Lipinski definition) is 5. The molecule has 0 aromatic carbocycles. The van der Waals surface area contributed by atoms with Gasteiger partial charge in [0.1, 0.15) is 5.82 Å². The van der Waals surface area contributed by atoms with E-state index in [4.69, 9.17) is 4.98 Å². The number of rotatable bonds is 4. The maximum absolute atomic E-state index is 4.75. The maximum atomic E-state index is 4.75. The Bertz CT molecular complexity index is 422. The monoisotopic (exact) mass is 280 g/mol. The second-order valence-corrected chi connectivity index (χ2v) is 6.51.